The third kappa shape index (κ3) is 8.05. The molecule has 1 fully saturated rings. The lowest BCUT2D eigenvalue weighted by Gasteiger charge is -2.25. The standard InChI is InChI=1S/C25H27BrF3N3O5S/c1-30-38(35,36)17-19-11-12-22(21(26)15-19)32(23(33)25(27,28)29)14-6-10-20-9-5-13-31(20)24(34)37-16-18-7-3-2-4-8-18/h2-4,6-8,10-12,15,20,30H,5,9,13-14,16-17H2,1H3/b10-6+/t20-/m1/s1. The fourth-order valence-corrected chi connectivity index (χ4v) is 5.34. The van der Waals surface area contributed by atoms with Gasteiger partial charge in [0.15, 0.2) is 0 Å². The maximum Gasteiger partial charge on any atom is 0.471 e. The van der Waals surface area contributed by atoms with E-state index in [0.29, 0.717) is 29.8 Å². The van der Waals surface area contributed by atoms with E-state index < -0.39 is 40.8 Å². The van der Waals surface area contributed by atoms with E-state index >= 15 is 0 Å². The van der Waals surface area contributed by atoms with Crippen LogP contribution in [0, 0.1) is 0 Å². The Bertz CT molecular complexity index is 1270. The molecule has 0 bridgehead atoms. The third-order valence-corrected chi connectivity index (χ3v) is 7.81. The number of hydrogen-bond acceptors (Lipinski definition) is 5. The SMILES string of the molecule is CNS(=O)(=O)Cc1ccc(N(C/C=C/[C@H]2CCCN2C(=O)OCc2ccccc2)C(=O)C(F)(F)F)c(Br)c1. The van der Waals surface area contributed by atoms with Gasteiger partial charge in [-0.2, -0.15) is 13.2 Å². The first-order chi connectivity index (χ1) is 17.9. The van der Waals surface area contributed by atoms with Gasteiger partial charge in [0.05, 0.1) is 17.5 Å². The number of halogens is 4. The second-order valence-electron chi connectivity index (χ2n) is 8.53. The molecular formula is C25H27BrF3N3O5S. The van der Waals surface area contributed by atoms with E-state index in [1.165, 1.54) is 36.2 Å². The molecule has 13 heteroatoms. The Morgan fingerprint density at radius 3 is 2.53 bits per heavy atom. The lowest BCUT2D eigenvalue weighted by molar-refractivity contribution is -0.170. The molecule has 3 rings (SSSR count). The zero-order valence-electron chi connectivity index (χ0n) is 20.4. The highest BCUT2D eigenvalue weighted by Gasteiger charge is 2.43. The Labute approximate surface area is 227 Å². The summed E-state index contributed by atoms with van der Waals surface area (Å²) in [6.07, 6.45) is -1.37. The summed E-state index contributed by atoms with van der Waals surface area (Å²) in [7, 11) is -2.35. The van der Waals surface area contributed by atoms with Gasteiger partial charge >= 0.3 is 18.2 Å². The topological polar surface area (TPSA) is 96.0 Å². The lowest BCUT2D eigenvalue weighted by Crippen LogP contribution is -2.41. The number of ether oxygens (including phenoxy) is 1. The summed E-state index contributed by atoms with van der Waals surface area (Å²) in [5.74, 6) is -2.46. The molecule has 1 saturated heterocycles. The predicted molar refractivity (Wildman–Crippen MR) is 140 cm³/mol. The van der Waals surface area contributed by atoms with Gasteiger partial charge < -0.3 is 9.64 Å². The monoisotopic (exact) mass is 617 g/mol. The van der Waals surface area contributed by atoms with E-state index in [4.69, 9.17) is 4.74 Å². The number of anilines is 1. The number of alkyl halides is 3. The number of amides is 2. The van der Waals surface area contributed by atoms with Crippen LogP contribution < -0.4 is 9.62 Å². The molecule has 1 atom stereocenters. The lowest BCUT2D eigenvalue weighted by atomic mass is 10.2. The Morgan fingerprint density at radius 2 is 1.89 bits per heavy atom. The number of nitrogens with one attached hydrogen (secondary N) is 1. The van der Waals surface area contributed by atoms with Crippen molar-refractivity contribution in [2.45, 2.75) is 37.4 Å². The Hall–Kier alpha value is -2.90. The summed E-state index contributed by atoms with van der Waals surface area (Å²) in [4.78, 5) is 26.9. The molecule has 1 aliphatic rings. The van der Waals surface area contributed by atoms with Crippen LogP contribution in [0.2, 0.25) is 0 Å². The number of hydrogen-bond donors (Lipinski definition) is 1. The van der Waals surface area contributed by atoms with Gasteiger partial charge in [0.2, 0.25) is 10.0 Å². The van der Waals surface area contributed by atoms with Gasteiger partial charge in [0, 0.05) is 17.6 Å². The van der Waals surface area contributed by atoms with Crippen molar-refractivity contribution in [1.82, 2.24) is 9.62 Å². The summed E-state index contributed by atoms with van der Waals surface area (Å²) in [6, 6.07) is 12.7. The molecule has 8 nitrogen and oxygen atoms in total. The summed E-state index contributed by atoms with van der Waals surface area (Å²) >= 11 is 3.17. The summed E-state index contributed by atoms with van der Waals surface area (Å²) in [5, 5.41) is 0. The van der Waals surface area contributed by atoms with Crippen molar-refractivity contribution in [2.24, 2.45) is 0 Å². The molecule has 2 aromatic carbocycles. The van der Waals surface area contributed by atoms with Gasteiger partial charge in [-0.1, -0.05) is 48.6 Å². The highest BCUT2D eigenvalue weighted by Crippen LogP contribution is 2.31. The molecule has 0 radical (unpaired) electrons. The fraction of sp³-hybridized carbons (Fsp3) is 0.360. The van der Waals surface area contributed by atoms with Gasteiger partial charge in [0.25, 0.3) is 0 Å². The minimum atomic E-state index is -5.14. The minimum Gasteiger partial charge on any atom is -0.445 e. The van der Waals surface area contributed by atoms with E-state index in [9.17, 15) is 31.2 Å². The quantitative estimate of drug-likeness (QED) is 0.410. The van der Waals surface area contributed by atoms with Crippen LogP contribution in [0.15, 0.2) is 65.2 Å². The summed E-state index contributed by atoms with van der Waals surface area (Å²) < 4.78 is 71.5. The average molecular weight is 618 g/mol. The van der Waals surface area contributed by atoms with Gasteiger partial charge in [-0.05, 0) is 59.1 Å². The molecule has 2 aromatic rings. The van der Waals surface area contributed by atoms with Crippen LogP contribution in [0.25, 0.3) is 0 Å². The van der Waals surface area contributed by atoms with Gasteiger partial charge in [-0.25, -0.2) is 17.9 Å². The van der Waals surface area contributed by atoms with Crippen LogP contribution in [0.4, 0.5) is 23.7 Å². The Morgan fingerprint density at radius 1 is 1.18 bits per heavy atom. The van der Waals surface area contributed by atoms with Crippen LogP contribution in [-0.4, -0.2) is 57.7 Å². The van der Waals surface area contributed by atoms with Crippen molar-refractivity contribution >= 4 is 43.6 Å². The van der Waals surface area contributed by atoms with Crippen LogP contribution in [0.5, 0.6) is 0 Å². The van der Waals surface area contributed by atoms with E-state index in [0.717, 1.165) is 5.56 Å². The molecule has 0 aliphatic carbocycles. The molecule has 1 N–H and O–H groups in total. The first kappa shape index (κ1) is 29.7. The Kier molecular flexibility index (Phi) is 9.96. The minimum absolute atomic E-state index is 0.0758. The molecule has 206 valence electrons. The third-order valence-electron chi connectivity index (χ3n) is 5.84. The fourth-order valence-electron chi connectivity index (χ4n) is 3.94. The van der Waals surface area contributed by atoms with Crippen LogP contribution in [-0.2, 0) is 31.9 Å². The van der Waals surface area contributed by atoms with Crippen molar-refractivity contribution < 1.29 is 35.9 Å². The van der Waals surface area contributed by atoms with Crippen molar-refractivity contribution in [2.75, 3.05) is 25.0 Å². The van der Waals surface area contributed by atoms with E-state index in [1.807, 2.05) is 30.3 Å². The molecule has 1 heterocycles. The molecule has 0 unspecified atom stereocenters. The highest BCUT2D eigenvalue weighted by atomic mass is 79.9. The van der Waals surface area contributed by atoms with E-state index in [1.54, 1.807) is 6.08 Å². The summed E-state index contributed by atoms with van der Waals surface area (Å²) in [5.41, 5.74) is 1.07. The number of carbonyl (C=O) groups excluding carboxylic acids is 2. The van der Waals surface area contributed by atoms with Crippen LogP contribution in [0.1, 0.15) is 24.0 Å². The average Bonchev–Trinajstić information content (AvgIpc) is 3.34. The molecule has 38 heavy (non-hydrogen) atoms. The van der Waals surface area contributed by atoms with E-state index in [-0.39, 0.29) is 22.5 Å². The zero-order chi connectivity index (χ0) is 27.9. The maximum absolute atomic E-state index is 13.4. The number of rotatable bonds is 9. The largest absolute Gasteiger partial charge is 0.471 e. The maximum atomic E-state index is 13.4. The Balaban J connectivity index is 1.73. The van der Waals surface area contributed by atoms with Crippen molar-refractivity contribution in [3.05, 3.63) is 76.3 Å². The van der Waals surface area contributed by atoms with Crippen LogP contribution >= 0.6 is 15.9 Å². The molecule has 0 saturated carbocycles. The second kappa shape index (κ2) is 12.8. The van der Waals surface area contributed by atoms with Crippen molar-refractivity contribution in [1.29, 1.82) is 0 Å². The first-order valence-corrected chi connectivity index (χ1v) is 14.1. The normalized spacial score (nSPS) is 16.1. The van der Waals surface area contributed by atoms with Gasteiger partial charge in [0.1, 0.15) is 6.61 Å². The van der Waals surface area contributed by atoms with E-state index in [2.05, 4.69) is 20.7 Å². The van der Waals surface area contributed by atoms with Gasteiger partial charge in [-0.3, -0.25) is 9.69 Å². The molecule has 2 amide bonds. The smallest absolute Gasteiger partial charge is 0.445 e. The number of nitrogens with zero attached hydrogens (tertiary/aromatic N) is 2. The molecule has 0 spiro atoms. The number of sulfonamides is 1. The zero-order valence-corrected chi connectivity index (χ0v) is 22.9. The number of likely N-dealkylation sites (tertiary alicyclic amines) is 1. The molecular weight excluding hydrogens is 591 g/mol. The molecule has 1 aliphatic heterocycles. The van der Waals surface area contributed by atoms with Crippen molar-refractivity contribution in [3.8, 4) is 0 Å². The summed E-state index contributed by atoms with van der Waals surface area (Å²) in [6.45, 7) is 0.116. The number of carbonyl (C=O) groups is 2. The first-order valence-electron chi connectivity index (χ1n) is 11.6. The van der Waals surface area contributed by atoms with Crippen molar-refractivity contribution in [3.63, 3.8) is 0 Å². The van der Waals surface area contributed by atoms with Crippen LogP contribution in [0.3, 0.4) is 0 Å². The molecule has 0 aromatic heterocycles. The highest BCUT2D eigenvalue weighted by molar-refractivity contribution is 9.10. The second-order valence-corrected chi connectivity index (χ2v) is 11.3. The predicted octanol–water partition coefficient (Wildman–Crippen LogP) is 4.75. The van der Waals surface area contributed by atoms with Gasteiger partial charge in [-0.15, -0.1) is 0 Å². The number of benzene rings is 2.